The van der Waals surface area contributed by atoms with Crippen LogP contribution in [0.5, 0.6) is 11.5 Å². The van der Waals surface area contributed by atoms with Gasteiger partial charge in [-0.2, -0.15) is 9.57 Å². The fraction of sp³-hybridized carbons (Fsp3) is 0.458. The molecule has 0 atom stereocenters. The highest BCUT2D eigenvalue weighted by molar-refractivity contribution is 7.89. The molecule has 0 radical (unpaired) electrons. The number of sulfonamides is 1. The van der Waals surface area contributed by atoms with Crippen molar-refractivity contribution in [2.24, 2.45) is 0 Å². The van der Waals surface area contributed by atoms with E-state index in [9.17, 15) is 13.7 Å². The predicted octanol–water partition coefficient (Wildman–Crippen LogP) is 5.69. The number of rotatable bonds is 5. The van der Waals surface area contributed by atoms with Crippen LogP contribution in [-0.4, -0.2) is 49.8 Å². The third kappa shape index (κ3) is 5.64. The first kappa shape index (κ1) is 24.3. The predicted molar refractivity (Wildman–Crippen MR) is 130 cm³/mol. The molecule has 1 saturated carbocycles. The van der Waals surface area contributed by atoms with Crippen LogP contribution in [0.1, 0.15) is 44.1 Å². The Morgan fingerprint density at radius 2 is 1.61 bits per heavy atom. The average molecular weight is 508 g/mol. The maximum atomic E-state index is 13.6. The minimum atomic E-state index is -3.88. The minimum Gasteiger partial charge on any atom is -0.454 e. The summed E-state index contributed by atoms with van der Waals surface area (Å²) in [5.74, 6) is 0.368. The molecule has 0 unspecified atom stereocenters. The van der Waals surface area contributed by atoms with Crippen molar-refractivity contribution in [1.29, 1.82) is 5.26 Å². The first-order valence-corrected chi connectivity index (χ1v) is 13.5. The summed E-state index contributed by atoms with van der Waals surface area (Å²) in [6, 6.07) is 11.7. The molecule has 2 aromatic carbocycles. The fourth-order valence-corrected chi connectivity index (χ4v) is 6.49. The molecule has 1 aliphatic carbocycles. The first-order chi connectivity index (χ1) is 15.9. The molecular weight excluding hydrogens is 481 g/mol. The Bertz CT molecular complexity index is 1130. The van der Waals surface area contributed by atoms with Crippen LogP contribution in [-0.2, 0) is 10.0 Å². The second-order valence-corrected chi connectivity index (χ2v) is 11.3. The van der Waals surface area contributed by atoms with Gasteiger partial charge in [-0.1, -0.05) is 48.9 Å². The van der Waals surface area contributed by atoms with E-state index in [1.54, 1.807) is 12.1 Å². The highest BCUT2D eigenvalue weighted by atomic mass is 35.5. The smallest absolute Gasteiger partial charge is 0.246 e. The van der Waals surface area contributed by atoms with Gasteiger partial charge in [0, 0.05) is 43.3 Å². The molecule has 1 saturated heterocycles. The zero-order valence-electron chi connectivity index (χ0n) is 18.3. The van der Waals surface area contributed by atoms with E-state index in [1.807, 2.05) is 6.07 Å². The summed E-state index contributed by atoms with van der Waals surface area (Å²) in [4.78, 5) is 2.40. The van der Waals surface area contributed by atoms with Crippen LogP contribution in [0.3, 0.4) is 0 Å². The lowest BCUT2D eigenvalue weighted by atomic mass is 10.1. The molecule has 0 N–H and O–H groups in total. The van der Waals surface area contributed by atoms with Crippen LogP contribution >= 0.6 is 23.2 Å². The van der Waals surface area contributed by atoms with E-state index in [0.717, 1.165) is 0 Å². The Morgan fingerprint density at radius 1 is 0.909 bits per heavy atom. The van der Waals surface area contributed by atoms with Crippen molar-refractivity contribution in [3.8, 4) is 17.6 Å². The number of halogens is 2. The average Bonchev–Trinajstić information content (AvgIpc) is 3.11. The second-order valence-electron chi connectivity index (χ2n) is 8.54. The quantitative estimate of drug-likeness (QED) is 0.486. The highest BCUT2D eigenvalue weighted by Crippen LogP contribution is 2.36. The molecule has 0 bridgehead atoms. The Balaban J connectivity index is 1.57. The van der Waals surface area contributed by atoms with E-state index in [2.05, 4.69) is 4.90 Å². The van der Waals surface area contributed by atoms with Crippen LogP contribution in [0.2, 0.25) is 10.0 Å². The number of hydrogen-bond donors (Lipinski definition) is 0. The number of nitriles is 1. The van der Waals surface area contributed by atoms with Gasteiger partial charge in [0.2, 0.25) is 10.0 Å². The maximum absolute atomic E-state index is 13.6. The van der Waals surface area contributed by atoms with Crippen LogP contribution in [0.4, 0.5) is 0 Å². The van der Waals surface area contributed by atoms with Gasteiger partial charge in [0.15, 0.2) is 0 Å². The lowest BCUT2D eigenvalue weighted by Crippen LogP contribution is -2.51. The molecule has 0 amide bonds. The number of ether oxygens (including phenoxy) is 1. The van der Waals surface area contributed by atoms with E-state index in [-0.39, 0.29) is 22.0 Å². The van der Waals surface area contributed by atoms with Crippen LogP contribution in [0, 0.1) is 11.3 Å². The molecule has 0 aromatic heterocycles. The third-order valence-corrected chi connectivity index (χ3v) is 8.89. The van der Waals surface area contributed by atoms with Crippen molar-refractivity contribution in [2.45, 2.75) is 49.5 Å². The van der Waals surface area contributed by atoms with E-state index >= 15 is 0 Å². The van der Waals surface area contributed by atoms with Crippen molar-refractivity contribution in [1.82, 2.24) is 9.21 Å². The monoisotopic (exact) mass is 507 g/mol. The summed E-state index contributed by atoms with van der Waals surface area (Å²) in [7, 11) is -3.88. The van der Waals surface area contributed by atoms with Crippen molar-refractivity contribution in [3.05, 3.63) is 52.0 Å². The topological polar surface area (TPSA) is 73.6 Å². The van der Waals surface area contributed by atoms with Crippen molar-refractivity contribution in [3.63, 3.8) is 0 Å². The maximum Gasteiger partial charge on any atom is 0.246 e. The Kier molecular flexibility index (Phi) is 7.83. The summed E-state index contributed by atoms with van der Waals surface area (Å²) in [6.07, 6.45) is 7.46. The number of benzene rings is 2. The van der Waals surface area contributed by atoms with Crippen LogP contribution in [0.15, 0.2) is 41.3 Å². The molecule has 9 heteroatoms. The molecule has 4 rings (SSSR count). The van der Waals surface area contributed by atoms with Gasteiger partial charge < -0.3 is 4.74 Å². The van der Waals surface area contributed by atoms with Crippen LogP contribution < -0.4 is 4.74 Å². The molecule has 6 nitrogen and oxygen atoms in total. The first-order valence-electron chi connectivity index (χ1n) is 11.3. The normalized spacial score (nSPS) is 19.1. The van der Waals surface area contributed by atoms with Crippen molar-refractivity contribution < 1.29 is 13.2 Å². The van der Waals surface area contributed by atoms with E-state index in [4.69, 9.17) is 27.9 Å². The van der Waals surface area contributed by atoms with Gasteiger partial charge in [-0.3, -0.25) is 4.90 Å². The molecule has 1 heterocycles. The van der Waals surface area contributed by atoms with Gasteiger partial charge in [0.05, 0.1) is 16.7 Å². The summed E-state index contributed by atoms with van der Waals surface area (Å²) >= 11 is 12.3. The Morgan fingerprint density at radius 3 is 2.27 bits per heavy atom. The van der Waals surface area contributed by atoms with Gasteiger partial charge in [0.1, 0.15) is 16.4 Å². The van der Waals surface area contributed by atoms with Crippen molar-refractivity contribution in [2.75, 3.05) is 26.2 Å². The second kappa shape index (κ2) is 10.6. The number of piperazine rings is 1. The fourth-order valence-electron chi connectivity index (χ4n) is 4.61. The van der Waals surface area contributed by atoms with Gasteiger partial charge in [-0.25, -0.2) is 8.42 Å². The van der Waals surface area contributed by atoms with Gasteiger partial charge in [-0.15, -0.1) is 0 Å². The number of hydrogen-bond acceptors (Lipinski definition) is 5. The molecule has 2 fully saturated rings. The Labute approximate surface area is 205 Å². The number of nitrogens with zero attached hydrogens (tertiary/aromatic N) is 3. The minimum absolute atomic E-state index is 0.0412. The van der Waals surface area contributed by atoms with E-state index in [1.165, 1.54) is 67.1 Å². The summed E-state index contributed by atoms with van der Waals surface area (Å²) in [5.41, 5.74) is 0.246. The largest absolute Gasteiger partial charge is 0.454 e. The van der Waals surface area contributed by atoms with Gasteiger partial charge in [0.25, 0.3) is 0 Å². The summed E-state index contributed by atoms with van der Waals surface area (Å²) < 4.78 is 34.6. The zero-order valence-corrected chi connectivity index (χ0v) is 20.7. The summed E-state index contributed by atoms with van der Waals surface area (Å²) in [6.45, 7) is 2.23. The Hall–Kier alpha value is -1.82. The third-order valence-electron chi connectivity index (χ3n) is 6.42. The zero-order chi connectivity index (χ0) is 23.4. The molecule has 2 aliphatic rings. The lowest BCUT2D eigenvalue weighted by Gasteiger charge is -2.38. The molecule has 0 spiro atoms. The molecule has 176 valence electrons. The van der Waals surface area contributed by atoms with Gasteiger partial charge in [-0.05, 0) is 43.2 Å². The molecule has 33 heavy (non-hydrogen) atoms. The highest BCUT2D eigenvalue weighted by Gasteiger charge is 2.33. The van der Waals surface area contributed by atoms with E-state index in [0.29, 0.717) is 42.3 Å². The van der Waals surface area contributed by atoms with E-state index < -0.39 is 10.0 Å². The molecule has 1 aliphatic heterocycles. The SMILES string of the molecule is N#Cc1ccc(Oc2cc(Cl)ccc2Cl)c(S(=O)(=O)N2CCN(C3CCCCCC3)CC2)c1. The molecule has 2 aromatic rings. The summed E-state index contributed by atoms with van der Waals surface area (Å²) in [5, 5.41) is 10.1. The van der Waals surface area contributed by atoms with Crippen LogP contribution in [0.25, 0.3) is 0 Å². The lowest BCUT2D eigenvalue weighted by molar-refractivity contribution is 0.126. The standard InChI is InChI=1S/C24H27Cl2N3O3S/c25-19-8-9-21(26)23(16-19)32-22-10-7-18(17-27)15-24(22)33(30,31)29-13-11-28(12-14-29)20-5-3-1-2-4-6-20/h7-10,15-16,20H,1-6,11-14H2. The van der Waals surface area contributed by atoms with Gasteiger partial charge >= 0.3 is 0 Å². The molecular formula is C24H27Cl2N3O3S. The van der Waals surface area contributed by atoms with Crippen molar-refractivity contribution >= 4 is 33.2 Å².